The predicted molar refractivity (Wildman–Crippen MR) is 105 cm³/mol. The van der Waals surface area contributed by atoms with Gasteiger partial charge in [0.25, 0.3) is 0 Å². The number of amides is 1. The molecule has 3 aromatic rings. The monoisotopic (exact) mass is 388 g/mol. The van der Waals surface area contributed by atoms with E-state index in [1.54, 1.807) is 12.3 Å². The van der Waals surface area contributed by atoms with Crippen LogP contribution in [0.1, 0.15) is 23.8 Å². The molecule has 1 atom stereocenters. The third kappa shape index (κ3) is 4.64. The van der Waals surface area contributed by atoms with Gasteiger partial charge in [-0.05, 0) is 50.1 Å². The molecule has 3 rings (SSSR count). The van der Waals surface area contributed by atoms with Gasteiger partial charge in [0.05, 0.1) is 18.1 Å². The number of aryl methyl sites for hydroxylation is 1. The molecule has 0 aliphatic carbocycles. The minimum absolute atomic E-state index is 0.0642. The molecular formula is C18H20N4O2S2. The smallest absolute Gasteiger partial charge is 0.233 e. The standard InChI is InChI=1S/C18H20N4O2S2/c1-11-6-4-8-15(12(11)2)20-17-21-22-18(26-17)25-13(3)16(23)19-10-14-7-5-9-24-14/h4-9,13H,10H2,1-3H3,(H,19,23)(H,20,21). The highest BCUT2D eigenvalue weighted by molar-refractivity contribution is 8.02. The van der Waals surface area contributed by atoms with Crippen molar-refractivity contribution in [3.05, 3.63) is 53.5 Å². The minimum Gasteiger partial charge on any atom is -0.467 e. The second kappa shape index (κ2) is 8.37. The number of carbonyl (C=O) groups is 1. The lowest BCUT2D eigenvalue weighted by Crippen LogP contribution is -2.30. The van der Waals surface area contributed by atoms with Crippen LogP contribution < -0.4 is 10.6 Å². The van der Waals surface area contributed by atoms with Gasteiger partial charge in [-0.25, -0.2) is 0 Å². The van der Waals surface area contributed by atoms with Crippen LogP contribution in [0.4, 0.5) is 10.8 Å². The number of hydrogen-bond donors (Lipinski definition) is 2. The van der Waals surface area contributed by atoms with Crippen molar-refractivity contribution in [2.45, 2.75) is 36.9 Å². The fourth-order valence-electron chi connectivity index (χ4n) is 2.25. The molecule has 2 heterocycles. The largest absolute Gasteiger partial charge is 0.467 e. The number of nitrogens with zero attached hydrogens (tertiary/aromatic N) is 2. The van der Waals surface area contributed by atoms with Gasteiger partial charge in [-0.3, -0.25) is 4.79 Å². The Bertz CT molecular complexity index is 877. The summed E-state index contributed by atoms with van der Waals surface area (Å²) < 4.78 is 5.96. The molecule has 8 heteroatoms. The van der Waals surface area contributed by atoms with E-state index in [-0.39, 0.29) is 11.2 Å². The summed E-state index contributed by atoms with van der Waals surface area (Å²) in [6.45, 7) is 6.37. The van der Waals surface area contributed by atoms with E-state index >= 15 is 0 Å². The molecule has 136 valence electrons. The molecule has 2 aromatic heterocycles. The van der Waals surface area contributed by atoms with E-state index in [1.165, 1.54) is 34.2 Å². The van der Waals surface area contributed by atoms with Crippen molar-refractivity contribution in [1.82, 2.24) is 15.5 Å². The fraction of sp³-hybridized carbons (Fsp3) is 0.278. The maximum atomic E-state index is 12.2. The molecule has 26 heavy (non-hydrogen) atoms. The first kappa shape index (κ1) is 18.5. The first-order valence-electron chi connectivity index (χ1n) is 8.16. The minimum atomic E-state index is -0.272. The molecule has 0 aliphatic rings. The van der Waals surface area contributed by atoms with Crippen LogP contribution in [0.3, 0.4) is 0 Å². The zero-order valence-corrected chi connectivity index (χ0v) is 16.4. The number of benzene rings is 1. The number of thioether (sulfide) groups is 1. The third-order valence-corrected chi connectivity index (χ3v) is 5.94. The molecule has 0 saturated carbocycles. The van der Waals surface area contributed by atoms with Crippen LogP contribution in [0.5, 0.6) is 0 Å². The lowest BCUT2D eigenvalue weighted by Gasteiger charge is -2.09. The normalized spacial score (nSPS) is 12.0. The van der Waals surface area contributed by atoms with Crippen molar-refractivity contribution in [2.75, 3.05) is 5.32 Å². The van der Waals surface area contributed by atoms with Gasteiger partial charge in [0, 0.05) is 5.69 Å². The van der Waals surface area contributed by atoms with Gasteiger partial charge in [-0.1, -0.05) is 35.2 Å². The summed E-state index contributed by atoms with van der Waals surface area (Å²) in [5.41, 5.74) is 3.42. The summed E-state index contributed by atoms with van der Waals surface area (Å²) in [7, 11) is 0. The molecule has 0 radical (unpaired) electrons. The third-order valence-electron chi connectivity index (χ3n) is 3.92. The van der Waals surface area contributed by atoms with Gasteiger partial charge >= 0.3 is 0 Å². The van der Waals surface area contributed by atoms with Crippen molar-refractivity contribution >= 4 is 39.8 Å². The predicted octanol–water partition coefficient (Wildman–Crippen LogP) is 4.29. The van der Waals surface area contributed by atoms with Crippen LogP contribution in [0.15, 0.2) is 45.4 Å². The molecule has 2 N–H and O–H groups in total. The lowest BCUT2D eigenvalue weighted by molar-refractivity contribution is -0.120. The highest BCUT2D eigenvalue weighted by atomic mass is 32.2. The Morgan fingerprint density at radius 3 is 2.88 bits per heavy atom. The Kier molecular flexibility index (Phi) is 5.95. The Labute approximate surface area is 160 Å². The number of furan rings is 1. The zero-order chi connectivity index (χ0) is 18.5. The van der Waals surface area contributed by atoms with Gasteiger partial charge in [0.2, 0.25) is 11.0 Å². The topological polar surface area (TPSA) is 80.0 Å². The van der Waals surface area contributed by atoms with Crippen LogP contribution >= 0.6 is 23.1 Å². The second-order valence-corrected chi connectivity index (χ2v) is 8.37. The van der Waals surface area contributed by atoms with Gasteiger partial charge in [-0.2, -0.15) is 0 Å². The van der Waals surface area contributed by atoms with Crippen LogP contribution in [-0.2, 0) is 11.3 Å². The number of nitrogens with one attached hydrogen (secondary N) is 2. The lowest BCUT2D eigenvalue weighted by atomic mass is 10.1. The molecule has 0 saturated heterocycles. The Hall–Kier alpha value is -2.32. The number of carbonyl (C=O) groups excluding carboxylic acids is 1. The molecule has 0 aliphatic heterocycles. The average molecular weight is 389 g/mol. The second-order valence-electron chi connectivity index (χ2n) is 5.80. The van der Waals surface area contributed by atoms with Crippen molar-refractivity contribution < 1.29 is 9.21 Å². The van der Waals surface area contributed by atoms with Crippen LogP contribution in [0.25, 0.3) is 0 Å². The van der Waals surface area contributed by atoms with Crippen molar-refractivity contribution in [3.8, 4) is 0 Å². The van der Waals surface area contributed by atoms with E-state index in [2.05, 4.69) is 40.7 Å². The number of anilines is 2. The summed E-state index contributed by atoms with van der Waals surface area (Å²) in [4.78, 5) is 12.2. The number of aromatic nitrogens is 2. The van der Waals surface area contributed by atoms with E-state index in [0.29, 0.717) is 11.7 Å². The van der Waals surface area contributed by atoms with Gasteiger partial charge < -0.3 is 15.1 Å². The first-order chi connectivity index (χ1) is 12.5. The Morgan fingerprint density at radius 1 is 1.27 bits per heavy atom. The highest BCUT2D eigenvalue weighted by Gasteiger charge is 2.17. The molecule has 0 spiro atoms. The maximum Gasteiger partial charge on any atom is 0.233 e. The highest BCUT2D eigenvalue weighted by Crippen LogP contribution is 2.31. The molecule has 1 amide bonds. The molecule has 6 nitrogen and oxygen atoms in total. The summed E-state index contributed by atoms with van der Waals surface area (Å²) in [6, 6.07) is 9.72. The van der Waals surface area contributed by atoms with Crippen molar-refractivity contribution in [1.29, 1.82) is 0 Å². The molecule has 1 aromatic carbocycles. The van der Waals surface area contributed by atoms with Gasteiger partial charge in [0.15, 0.2) is 4.34 Å². The van der Waals surface area contributed by atoms with Crippen LogP contribution in [0, 0.1) is 13.8 Å². The zero-order valence-electron chi connectivity index (χ0n) is 14.8. The molecule has 1 unspecified atom stereocenters. The van der Waals surface area contributed by atoms with E-state index in [4.69, 9.17) is 4.42 Å². The number of hydrogen-bond acceptors (Lipinski definition) is 7. The Balaban J connectivity index is 1.55. The SMILES string of the molecule is Cc1cccc(Nc2nnc(SC(C)C(=O)NCc3ccco3)s2)c1C. The summed E-state index contributed by atoms with van der Waals surface area (Å²) >= 11 is 2.82. The molecular weight excluding hydrogens is 368 g/mol. The molecule has 0 bridgehead atoms. The van der Waals surface area contributed by atoms with Crippen LogP contribution in [0.2, 0.25) is 0 Å². The Morgan fingerprint density at radius 2 is 2.12 bits per heavy atom. The summed E-state index contributed by atoms with van der Waals surface area (Å²) in [6.07, 6.45) is 1.59. The molecule has 0 fully saturated rings. The van der Waals surface area contributed by atoms with Gasteiger partial charge in [0.1, 0.15) is 5.76 Å². The number of rotatable bonds is 7. The quantitative estimate of drug-likeness (QED) is 0.588. The van der Waals surface area contributed by atoms with Crippen molar-refractivity contribution in [2.24, 2.45) is 0 Å². The van der Waals surface area contributed by atoms with Gasteiger partial charge in [-0.15, -0.1) is 10.2 Å². The van der Waals surface area contributed by atoms with E-state index in [1.807, 2.05) is 25.1 Å². The summed E-state index contributed by atoms with van der Waals surface area (Å²) in [5.74, 6) is 0.664. The van der Waals surface area contributed by atoms with Crippen molar-refractivity contribution in [3.63, 3.8) is 0 Å². The maximum absolute atomic E-state index is 12.2. The van der Waals surface area contributed by atoms with E-state index in [0.717, 1.165) is 15.8 Å². The van der Waals surface area contributed by atoms with E-state index in [9.17, 15) is 4.79 Å². The van der Waals surface area contributed by atoms with E-state index < -0.39 is 0 Å². The first-order valence-corrected chi connectivity index (χ1v) is 9.86. The summed E-state index contributed by atoms with van der Waals surface area (Å²) in [5, 5.41) is 14.9. The average Bonchev–Trinajstić information content (AvgIpc) is 3.29. The fourth-order valence-corrected chi connectivity index (χ4v) is 4.18. The van der Waals surface area contributed by atoms with Crippen LogP contribution in [-0.4, -0.2) is 21.4 Å².